The zero-order valence-corrected chi connectivity index (χ0v) is 17.6. The van der Waals surface area contributed by atoms with Gasteiger partial charge in [-0.25, -0.2) is 4.99 Å². The summed E-state index contributed by atoms with van der Waals surface area (Å²) in [5.41, 5.74) is 6.87. The van der Waals surface area contributed by atoms with Gasteiger partial charge in [0.1, 0.15) is 11.5 Å². The Bertz CT molecular complexity index is 883. The molecule has 4 nitrogen and oxygen atoms in total. The molecule has 2 N–H and O–H groups in total. The summed E-state index contributed by atoms with van der Waals surface area (Å²) in [7, 11) is 0. The molecular weight excluding hydrogens is 358 g/mol. The lowest BCUT2D eigenvalue weighted by Gasteiger charge is -2.07. The van der Waals surface area contributed by atoms with Crippen LogP contribution in [0.5, 0.6) is 0 Å². The summed E-state index contributed by atoms with van der Waals surface area (Å²) >= 11 is 0. The predicted molar refractivity (Wildman–Crippen MR) is 120 cm³/mol. The van der Waals surface area contributed by atoms with Gasteiger partial charge in [-0.05, 0) is 61.9 Å². The second kappa shape index (κ2) is 9.82. The first-order chi connectivity index (χ1) is 14.3. The molecule has 3 heterocycles. The Labute approximate surface area is 174 Å². The summed E-state index contributed by atoms with van der Waals surface area (Å²) in [5, 5.41) is 0. The van der Waals surface area contributed by atoms with E-state index in [4.69, 9.17) is 9.73 Å². The Hall–Kier alpha value is -2.49. The molecule has 2 aliphatic rings. The van der Waals surface area contributed by atoms with Crippen molar-refractivity contribution >= 4 is 11.8 Å². The van der Waals surface area contributed by atoms with Gasteiger partial charge in [0.15, 0.2) is 0 Å². The maximum Gasteiger partial charge on any atom is 0.147 e. The fourth-order valence-electron chi connectivity index (χ4n) is 4.17. The van der Waals surface area contributed by atoms with Crippen molar-refractivity contribution in [3.63, 3.8) is 0 Å². The van der Waals surface area contributed by atoms with Gasteiger partial charge in [-0.2, -0.15) is 0 Å². The van der Waals surface area contributed by atoms with Crippen LogP contribution in [0.2, 0.25) is 0 Å². The maximum atomic E-state index is 6.03. The van der Waals surface area contributed by atoms with Gasteiger partial charge in [0.25, 0.3) is 0 Å². The number of allylic oxidation sites excluding steroid dienone is 1. The van der Waals surface area contributed by atoms with E-state index in [2.05, 4.69) is 41.2 Å². The van der Waals surface area contributed by atoms with Crippen LogP contribution in [0, 0.1) is 0 Å². The van der Waals surface area contributed by atoms with Crippen molar-refractivity contribution in [2.75, 3.05) is 6.61 Å². The Kier molecular flexibility index (Phi) is 6.71. The molecule has 0 aromatic carbocycles. The third-order valence-electron chi connectivity index (χ3n) is 5.76. The van der Waals surface area contributed by atoms with Gasteiger partial charge >= 0.3 is 0 Å². The molecule has 0 unspecified atom stereocenters. The molecule has 1 aliphatic heterocycles. The van der Waals surface area contributed by atoms with Crippen molar-refractivity contribution in [3.05, 3.63) is 64.6 Å². The second-order valence-electron chi connectivity index (χ2n) is 8.18. The zero-order valence-electron chi connectivity index (χ0n) is 17.6. The number of fused-ring (bicyclic) bond motifs is 2. The molecular formula is C25H33N3O. The summed E-state index contributed by atoms with van der Waals surface area (Å²) in [6.07, 6.45) is 18.8. The molecule has 0 saturated heterocycles. The highest BCUT2D eigenvalue weighted by Crippen LogP contribution is 2.28. The van der Waals surface area contributed by atoms with Crippen molar-refractivity contribution in [3.8, 4) is 0 Å². The number of H-pyrrole nitrogens is 2. The Morgan fingerprint density at radius 3 is 2.62 bits per heavy atom. The molecule has 0 saturated carbocycles. The van der Waals surface area contributed by atoms with E-state index in [1.165, 1.54) is 61.9 Å². The van der Waals surface area contributed by atoms with E-state index in [0.29, 0.717) is 6.61 Å². The van der Waals surface area contributed by atoms with Crippen molar-refractivity contribution in [2.24, 2.45) is 4.99 Å². The van der Waals surface area contributed by atoms with Gasteiger partial charge in [0.2, 0.25) is 0 Å². The van der Waals surface area contributed by atoms with Crippen LogP contribution in [0.1, 0.15) is 80.9 Å². The number of ether oxygens (including phenoxy) is 1. The highest BCUT2D eigenvalue weighted by molar-refractivity contribution is 6.11. The van der Waals surface area contributed by atoms with E-state index in [9.17, 15) is 0 Å². The van der Waals surface area contributed by atoms with Gasteiger partial charge < -0.3 is 14.7 Å². The second-order valence-corrected chi connectivity index (χ2v) is 8.18. The van der Waals surface area contributed by atoms with Crippen LogP contribution in [0.15, 0.2) is 46.9 Å². The molecule has 0 spiro atoms. The number of rotatable bonds is 5. The Balaban J connectivity index is 1.62. The SMILES string of the molecule is CCCOC1=CC(c2ccc[nH]2)=NC1=Cc1[nH]c2cc1CCCCCCCCC2. The van der Waals surface area contributed by atoms with Gasteiger partial charge in [0, 0.05) is 23.7 Å². The average Bonchev–Trinajstić information content (AvgIpc) is 3.45. The van der Waals surface area contributed by atoms with E-state index in [1.807, 2.05) is 12.3 Å². The van der Waals surface area contributed by atoms with Crippen molar-refractivity contribution < 1.29 is 4.74 Å². The highest BCUT2D eigenvalue weighted by atomic mass is 16.5. The van der Waals surface area contributed by atoms with Gasteiger partial charge in [0.05, 0.1) is 18.0 Å². The van der Waals surface area contributed by atoms with Gasteiger partial charge in [-0.15, -0.1) is 0 Å². The number of aromatic amines is 2. The summed E-state index contributed by atoms with van der Waals surface area (Å²) in [6.45, 7) is 2.84. The predicted octanol–water partition coefficient (Wildman–Crippen LogP) is 6.33. The van der Waals surface area contributed by atoms with Crippen LogP contribution >= 0.6 is 0 Å². The smallest absolute Gasteiger partial charge is 0.147 e. The lowest BCUT2D eigenvalue weighted by atomic mass is 10.0. The molecule has 4 rings (SSSR count). The van der Waals surface area contributed by atoms with Crippen LogP contribution in [0.25, 0.3) is 6.08 Å². The molecule has 154 valence electrons. The standard InChI is InChI=1S/C25H33N3O/c1-2-15-29-25-18-23(21-13-10-14-26-21)28-24(25)17-22-19-11-8-6-4-3-5-7-9-12-20(16-19)27-22/h10,13-14,16-18,26-27H,2-9,11-12,15H2,1H3. The van der Waals surface area contributed by atoms with E-state index in [1.54, 1.807) is 0 Å². The molecule has 0 amide bonds. The van der Waals surface area contributed by atoms with Crippen LogP contribution < -0.4 is 0 Å². The Morgan fingerprint density at radius 1 is 1.07 bits per heavy atom. The summed E-state index contributed by atoms with van der Waals surface area (Å²) in [6, 6.07) is 6.44. The number of aryl methyl sites for hydroxylation is 2. The maximum absolute atomic E-state index is 6.03. The fourth-order valence-corrected chi connectivity index (χ4v) is 4.17. The first kappa shape index (κ1) is 19.8. The number of aromatic nitrogens is 2. The number of nitrogens with zero attached hydrogens (tertiary/aromatic N) is 1. The largest absolute Gasteiger partial charge is 0.491 e. The van der Waals surface area contributed by atoms with Crippen LogP contribution in [-0.4, -0.2) is 22.3 Å². The first-order valence-electron chi connectivity index (χ1n) is 11.3. The molecule has 2 aromatic rings. The number of nitrogens with one attached hydrogen (secondary N) is 2. The van der Waals surface area contributed by atoms with Crippen molar-refractivity contribution in [1.29, 1.82) is 0 Å². The monoisotopic (exact) mass is 391 g/mol. The number of hydrogen-bond donors (Lipinski definition) is 2. The van der Waals surface area contributed by atoms with Gasteiger partial charge in [-0.3, -0.25) is 0 Å². The quantitative estimate of drug-likeness (QED) is 0.615. The minimum atomic E-state index is 0.708. The van der Waals surface area contributed by atoms with Crippen LogP contribution in [0.4, 0.5) is 0 Å². The van der Waals surface area contributed by atoms with Crippen LogP contribution in [-0.2, 0) is 17.6 Å². The lowest BCUT2D eigenvalue weighted by molar-refractivity contribution is 0.222. The number of aliphatic imine (C=N–C) groups is 1. The van der Waals surface area contributed by atoms with Crippen molar-refractivity contribution in [2.45, 2.75) is 71.1 Å². The molecule has 29 heavy (non-hydrogen) atoms. The molecule has 1 aliphatic carbocycles. The molecule has 4 heteroatoms. The molecule has 0 radical (unpaired) electrons. The van der Waals surface area contributed by atoms with Crippen LogP contribution in [0.3, 0.4) is 0 Å². The summed E-state index contributed by atoms with van der Waals surface area (Å²) in [5.74, 6) is 0.872. The first-order valence-corrected chi connectivity index (χ1v) is 11.3. The fraction of sp³-hybridized carbons (Fsp3) is 0.480. The molecule has 0 fully saturated rings. The highest BCUT2D eigenvalue weighted by Gasteiger charge is 2.19. The van der Waals surface area contributed by atoms with E-state index < -0.39 is 0 Å². The van der Waals surface area contributed by atoms with E-state index in [-0.39, 0.29) is 0 Å². The minimum absolute atomic E-state index is 0.708. The lowest BCUT2D eigenvalue weighted by Crippen LogP contribution is -1.95. The Morgan fingerprint density at radius 2 is 1.86 bits per heavy atom. The summed E-state index contributed by atoms with van der Waals surface area (Å²) in [4.78, 5) is 11.8. The summed E-state index contributed by atoms with van der Waals surface area (Å²) < 4.78 is 6.03. The van der Waals surface area contributed by atoms with Gasteiger partial charge in [-0.1, -0.05) is 39.0 Å². The number of hydrogen-bond acceptors (Lipinski definition) is 2. The van der Waals surface area contributed by atoms with E-state index >= 15 is 0 Å². The van der Waals surface area contributed by atoms with E-state index in [0.717, 1.165) is 42.1 Å². The minimum Gasteiger partial charge on any atom is -0.491 e. The molecule has 0 atom stereocenters. The molecule has 2 aromatic heterocycles. The topological polar surface area (TPSA) is 53.2 Å². The molecule has 2 bridgehead atoms. The average molecular weight is 392 g/mol. The third-order valence-corrected chi connectivity index (χ3v) is 5.76. The van der Waals surface area contributed by atoms with Crippen molar-refractivity contribution in [1.82, 2.24) is 9.97 Å². The normalized spacial score (nSPS) is 19.4. The third kappa shape index (κ3) is 5.11. The zero-order chi connectivity index (χ0) is 19.9.